The lowest BCUT2D eigenvalue weighted by molar-refractivity contribution is -0.123. The molecule has 1 fully saturated rings. The minimum atomic E-state index is -0.170. The Morgan fingerprint density at radius 1 is 0.921 bits per heavy atom. The standard InChI is InChI=1S/C32H25N3O2S/c1-23(25-10-4-2-5-11-25)35-31(36)30(38-32(35)34-28-14-6-3-7-15-28)20-24-16-18-29(19-17-24)37-22-27-13-9-8-12-26(27)21-33/h2-20,23H,22H2,1H3/b30-20+,34-32?/t23-/m1/s1. The molecule has 0 aliphatic carbocycles. The fraction of sp³-hybridized carbons (Fsp3) is 0.0938. The summed E-state index contributed by atoms with van der Waals surface area (Å²) in [4.78, 5) is 20.8. The van der Waals surface area contributed by atoms with Crippen molar-refractivity contribution >= 4 is 34.6 Å². The van der Waals surface area contributed by atoms with Gasteiger partial charge < -0.3 is 4.74 Å². The zero-order valence-corrected chi connectivity index (χ0v) is 21.6. The number of aliphatic imine (C=N–C) groups is 1. The normalized spacial score (nSPS) is 16.0. The Hall–Kier alpha value is -4.60. The Kier molecular flexibility index (Phi) is 7.67. The third kappa shape index (κ3) is 5.69. The second-order valence-electron chi connectivity index (χ2n) is 8.73. The Balaban J connectivity index is 1.37. The Bertz CT molecular complexity index is 1520. The number of rotatable bonds is 7. The average molecular weight is 516 g/mol. The molecular weight excluding hydrogens is 490 g/mol. The summed E-state index contributed by atoms with van der Waals surface area (Å²) in [5.74, 6) is 0.616. The quantitative estimate of drug-likeness (QED) is 0.239. The molecule has 4 aromatic carbocycles. The van der Waals surface area contributed by atoms with Gasteiger partial charge >= 0.3 is 0 Å². The van der Waals surface area contributed by atoms with Gasteiger partial charge in [0.05, 0.1) is 28.3 Å². The third-order valence-corrected chi connectivity index (χ3v) is 7.18. The molecule has 0 unspecified atom stereocenters. The number of ether oxygens (including phenoxy) is 1. The molecule has 0 saturated carbocycles. The minimum Gasteiger partial charge on any atom is -0.489 e. The second kappa shape index (κ2) is 11.6. The highest BCUT2D eigenvalue weighted by Crippen LogP contribution is 2.39. The molecule has 1 aliphatic rings. The van der Waals surface area contributed by atoms with E-state index in [0.717, 1.165) is 22.4 Å². The molecule has 0 bridgehead atoms. The molecule has 1 saturated heterocycles. The molecule has 4 aromatic rings. The van der Waals surface area contributed by atoms with E-state index in [1.807, 2.05) is 116 Å². The van der Waals surface area contributed by atoms with Crippen LogP contribution < -0.4 is 4.74 Å². The van der Waals surface area contributed by atoms with Gasteiger partial charge in [0.1, 0.15) is 12.4 Å². The molecular formula is C32H25N3O2S. The van der Waals surface area contributed by atoms with E-state index >= 15 is 0 Å². The van der Waals surface area contributed by atoms with E-state index in [9.17, 15) is 10.1 Å². The molecule has 5 nitrogen and oxygen atoms in total. The van der Waals surface area contributed by atoms with E-state index in [1.165, 1.54) is 11.8 Å². The van der Waals surface area contributed by atoms with Gasteiger partial charge in [0.25, 0.3) is 5.91 Å². The van der Waals surface area contributed by atoms with Gasteiger partial charge in [-0.2, -0.15) is 5.26 Å². The first-order chi connectivity index (χ1) is 18.6. The fourth-order valence-electron chi connectivity index (χ4n) is 4.13. The number of thioether (sulfide) groups is 1. The van der Waals surface area contributed by atoms with Gasteiger partial charge in [-0.15, -0.1) is 0 Å². The molecule has 0 radical (unpaired) electrons. The van der Waals surface area contributed by atoms with Crippen molar-refractivity contribution in [1.29, 1.82) is 5.26 Å². The molecule has 0 spiro atoms. The third-order valence-electron chi connectivity index (χ3n) is 6.20. The molecule has 1 heterocycles. The average Bonchev–Trinajstić information content (AvgIpc) is 3.27. The van der Waals surface area contributed by atoms with Crippen LogP contribution in [0.1, 0.15) is 35.2 Å². The summed E-state index contributed by atoms with van der Waals surface area (Å²) in [6, 6.07) is 36.7. The number of amidine groups is 1. The van der Waals surface area contributed by atoms with Crippen molar-refractivity contribution in [2.45, 2.75) is 19.6 Å². The van der Waals surface area contributed by atoms with Gasteiger partial charge in [-0.25, -0.2) is 4.99 Å². The molecule has 5 rings (SSSR count). The predicted molar refractivity (Wildman–Crippen MR) is 153 cm³/mol. The summed E-state index contributed by atoms with van der Waals surface area (Å²) in [6.07, 6.45) is 1.89. The van der Waals surface area contributed by atoms with Crippen LogP contribution in [0.5, 0.6) is 5.75 Å². The lowest BCUT2D eigenvalue weighted by Gasteiger charge is -2.24. The van der Waals surface area contributed by atoms with Crippen LogP contribution in [0, 0.1) is 11.3 Å². The number of amides is 1. The van der Waals surface area contributed by atoms with Crippen molar-refractivity contribution in [2.75, 3.05) is 0 Å². The number of hydrogen-bond donors (Lipinski definition) is 0. The first-order valence-electron chi connectivity index (χ1n) is 12.2. The van der Waals surface area contributed by atoms with Crippen molar-refractivity contribution in [1.82, 2.24) is 4.90 Å². The summed E-state index contributed by atoms with van der Waals surface area (Å²) >= 11 is 1.38. The predicted octanol–water partition coefficient (Wildman–Crippen LogP) is 7.50. The molecule has 38 heavy (non-hydrogen) atoms. The second-order valence-corrected chi connectivity index (χ2v) is 9.74. The smallest absolute Gasteiger partial charge is 0.267 e. The van der Waals surface area contributed by atoms with Crippen LogP contribution in [-0.4, -0.2) is 16.0 Å². The van der Waals surface area contributed by atoms with E-state index in [1.54, 1.807) is 11.0 Å². The van der Waals surface area contributed by atoms with Crippen LogP contribution in [0.4, 0.5) is 5.69 Å². The van der Waals surface area contributed by atoms with Gasteiger partial charge in [0, 0.05) is 5.56 Å². The maximum Gasteiger partial charge on any atom is 0.267 e. The van der Waals surface area contributed by atoms with Crippen LogP contribution >= 0.6 is 11.8 Å². The number of carbonyl (C=O) groups is 1. The number of nitriles is 1. The molecule has 1 aliphatic heterocycles. The van der Waals surface area contributed by atoms with Crippen LogP contribution in [0.2, 0.25) is 0 Å². The van der Waals surface area contributed by atoms with Crippen LogP contribution in [0.3, 0.4) is 0 Å². The summed E-state index contributed by atoms with van der Waals surface area (Å²) in [6.45, 7) is 2.33. The Labute approximate surface area is 226 Å². The van der Waals surface area contributed by atoms with Gasteiger partial charge in [0.15, 0.2) is 5.17 Å². The van der Waals surface area contributed by atoms with Crippen molar-refractivity contribution in [2.24, 2.45) is 4.99 Å². The fourth-order valence-corrected chi connectivity index (χ4v) is 5.20. The summed E-state index contributed by atoms with van der Waals surface area (Å²) in [5.41, 5.74) is 4.18. The summed E-state index contributed by atoms with van der Waals surface area (Å²) in [7, 11) is 0. The number of para-hydroxylation sites is 1. The van der Waals surface area contributed by atoms with Gasteiger partial charge in [0.2, 0.25) is 0 Å². The molecule has 6 heteroatoms. The molecule has 186 valence electrons. The van der Waals surface area contributed by atoms with Gasteiger partial charge in [-0.1, -0.05) is 78.9 Å². The van der Waals surface area contributed by atoms with Crippen LogP contribution in [0.15, 0.2) is 119 Å². The highest BCUT2D eigenvalue weighted by molar-refractivity contribution is 8.18. The zero-order valence-electron chi connectivity index (χ0n) is 20.8. The monoisotopic (exact) mass is 515 g/mol. The topological polar surface area (TPSA) is 65.7 Å². The van der Waals surface area contributed by atoms with E-state index in [-0.39, 0.29) is 11.9 Å². The summed E-state index contributed by atoms with van der Waals surface area (Å²) < 4.78 is 5.89. The number of nitrogens with zero attached hydrogens (tertiary/aromatic N) is 3. The van der Waals surface area contributed by atoms with Gasteiger partial charge in [-0.3, -0.25) is 9.69 Å². The number of hydrogen-bond acceptors (Lipinski definition) is 5. The summed E-state index contributed by atoms with van der Waals surface area (Å²) in [5, 5.41) is 9.93. The van der Waals surface area contributed by atoms with Crippen molar-refractivity contribution in [3.8, 4) is 11.8 Å². The van der Waals surface area contributed by atoms with Crippen molar-refractivity contribution in [3.63, 3.8) is 0 Å². The largest absolute Gasteiger partial charge is 0.489 e. The van der Waals surface area contributed by atoms with E-state index in [4.69, 9.17) is 9.73 Å². The highest BCUT2D eigenvalue weighted by atomic mass is 32.2. The molecule has 0 aromatic heterocycles. The molecule has 1 atom stereocenters. The van der Waals surface area contributed by atoms with E-state index < -0.39 is 0 Å². The first kappa shape index (κ1) is 25.1. The number of benzene rings is 4. The lowest BCUT2D eigenvalue weighted by Crippen LogP contribution is -2.32. The van der Waals surface area contributed by atoms with Crippen LogP contribution in [-0.2, 0) is 11.4 Å². The Morgan fingerprint density at radius 2 is 1.58 bits per heavy atom. The molecule has 0 N–H and O–H groups in total. The SMILES string of the molecule is C[C@H](c1ccccc1)N1C(=O)/C(=C\c2ccc(OCc3ccccc3C#N)cc2)SC1=Nc1ccccc1. The van der Waals surface area contributed by atoms with E-state index in [2.05, 4.69) is 6.07 Å². The van der Waals surface area contributed by atoms with Crippen molar-refractivity contribution in [3.05, 3.63) is 136 Å². The Morgan fingerprint density at radius 3 is 2.29 bits per heavy atom. The lowest BCUT2D eigenvalue weighted by atomic mass is 10.1. The maximum absolute atomic E-state index is 13.6. The highest BCUT2D eigenvalue weighted by Gasteiger charge is 2.37. The van der Waals surface area contributed by atoms with E-state index in [0.29, 0.717) is 28.0 Å². The van der Waals surface area contributed by atoms with Crippen molar-refractivity contribution < 1.29 is 9.53 Å². The first-order valence-corrected chi connectivity index (χ1v) is 13.1. The minimum absolute atomic E-state index is 0.0746. The van der Waals surface area contributed by atoms with Crippen LogP contribution in [0.25, 0.3) is 6.08 Å². The number of carbonyl (C=O) groups excluding carboxylic acids is 1. The molecule has 1 amide bonds. The maximum atomic E-state index is 13.6. The van der Waals surface area contributed by atoms with Gasteiger partial charge in [-0.05, 0) is 66.2 Å². The zero-order chi connectivity index (χ0) is 26.3.